The van der Waals surface area contributed by atoms with E-state index in [2.05, 4.69) is 15.4 Å². The number of methoxy groups -OCH3 is 1. The van der Waals surface area contributed by atoms with Crippen LogP contribution in [0.25, 0.3) is 0 Å². The van der Waals surface area contributed by atoms with Gasteiger partial charge < -0.3 is 20.1 Å². The minimum Gasteiger partial charge on any atom is -0.435 e. The van der Waals surface area contributed by atoms with E-state index in [4.69, 9.17) is 4.74 Å². The van der Waals surface area contributed by atoms with Crippen molar-refractivity contribution in [2.75, 3.05) is 32.1 Å². The largest absolute Gasteiger partial charge is 0.435 e. The number of benzene rings is 1. The van der Waals surface area contributed by atoms with Crippen LogP contribution >= 0.6 is 0 Å². The van der Waals surface area contributed by atoms with Crippen LogP contribution in [0.15, 0.2) is 24.3 Å². The number of alkyl halides is 2. The summed E-state index contributed by atoms with van der Waals surface area (Å²) in [5.41, 5.74) is -0.170. The maximum atomic E-state index is 12.6. The average Bonchev–Trinajstić information content (AvgIpc) is 2.48. The van der Waals surface area contributed by atoms with Gasteiger partial charge in [-0.3, -0.25) is 4.79 Å². The third-order valence-corrected chi connectivity index (χ3v) is 3.78. The molecule has 1 aromatic carbocycles. The summed E-state index contributed by atoms with van der Waals surface area (Å²) < 4.78 is 34.0. The standard InChI is InChI=1S/C15H20F2N2O3/c1-21-10-15(5-7-18-8-6-15)13(20)19-11-3-2-4-12(9-11)22-14(16)17/h2-4,9,14,18H,5-8,10H2,1H3,(H,19,20). The first kappa shape index (κ1) is 16.6. The van der Waals surface area contributed by atoms with Gasteiger partial charge in [0.2, 0.25) is 5.91 Å². The normalized spacial score (nSPS) is 17.3. The fraction of sp³-hybridized carbons (Fsp3) is 0.533. The van der Waals surface area contributed by atoms with Crippen molar-refractivity contribution in [1.29, 1.82) is 0 Å². The molecule has 1 aliphatic heterocycles. The molecular weight excluding hydrogens is 294 g/mol. The molecule has 1 saturated heterocycles. The van der Waals surface area contributed by atoms with Gasteiger partial charge in [0.15, 0.2) is 0 Å². The maximum absolute atomic E-state index is 12.6. The quantitative estimate of drug-likeness (QED) is 0.845. The first-order valence-corrected chi connectivity index (χ1v) is 7.12. The van der Waals surface area contributed by atoms with Gasteiger partial charge in [0.25, 0.3) is 0 Å². The van der Waals surface area contributed by atoms with Crippen LogP contribution in [-0.4, -0.2) is 39.3 Å². The monoisotopic (exact) mass is 314 g/mol. The first-order valence-electron chi connectivity index (χ1n) is 7.12. The number of halogens is 2. The van der Waals surface area contributed by atoms with Crippen molar-refractivity contribution in [2.24, 2.45) is 5.41 Å². The Morgan fingerprint density at radius 2 is 2.14 bits per heavy atom. The summed E-state index contributed by atoms with van der Waals surface area (Å²) in [4.78, 5) is 12.6. The molecule has 1 aliphatic rings. The molecule has 1 heterocycles. The highest BCUT2D eigenvalue weighted by Gasteiger charge is 2.39. The molecule has 0 aromatic heterocycles. The van der Waals surface area contributed by atoms with Crippen LogP contribution in [0.4, 0.5) is 14.5 Å². The van der Waals surface area contributed by atoms with E-state index in [0.29, 0.717) is 25.1 Å². The van der Waals surface area contributed by atoms with E-state index in [1.807, 2.05) is 0 Å². The number of ether oxygens (including phenoxy) is 2. The third kappa shape index (κ3) is 4.14. The van der Waals surface area contributed by atoms with Crippen LogP contribution in [0.1, 0.15) is 12.8 Å². The fourth-order valence-corrected chi connectivity index (χ4v) is 2.63. The topological polar surface area (TPSA) is 59.6 Å². The summed E-state index contributed by atoms with van der Waals surface area (Å²) in [7, 11) is 1.56. The smallest absolute Gasteiger partial charge is 0.387 e. The minimum atomic E-state index is -2.89. The summed E-state index contributed by atoms with van der Waals surface area (Å²) in [6.07, 6.45) is 1.33. The molecule has 0 radical (unpaired) electrons. The average molecular weight is 314 g/mol. The summed E-state index contributed by atoms with van der Waals surface area (Å²) in [6, 6.07) is 5.99. The Hall–Kier alpha value is -1.73. The van der Waals surface area contributed by atoms with Crippen LogP contribution in [0.5, 0.6) is 5.75 Å². The molecule has 0 bridgehead atoms. The molecule has 2 rings (SSSR count). The molecule has 1 fully saturated rings. The van der Waals surface area contributed by atoms with E-state index in [0.717, 1.165) is 13.1 Å². The molecule has 122 valence electrons. The van der Waals surface area contributed by atoms with Gasteiger partial charge in [-0.1, -0.05) is 6.07 Å². The van der Waals surface area contributed by atoms with E-state index < -0.39 is 12.0 Å². The van der Waals surface area contributed by atoms with Crippen LogP contribution < -0.4 is 15.4 Å². The van der Waals surface area contributed by atoms with E-state index in [1.54, 1.807) is 19.2 Å². The second-order valence-corrected chi connectivity index (χ2v) is 5.32. The number of carbonyl (C=O) groups is 1. The molecule has 1 amide bonds. The van der Waals surface area contributed by atoms with Gasteiger partial charge in [0.05, 0.1) is 12.0 Å². The number of piperidine rings is 1. The van der Waals surface area contributed by atoms with Crippen molar-refractivity contribution in [3.05, 3.63) is 24.3 Å². The van der Waals surface area contributed by atoms with Crippen molar-refractivity contribution < 1.29 is 23.0 Å². The molecular formula is C15H20F2N2O3. The van der Waals surface area contributed by atoms with Crippen LogP contribution in [0, 0.1) is 5.41 Å². The number of hydrogen-bond donors (Lipinski definition) is 2. The summed E-state index contributed by atoms with van der Waals surface area (Å²) in [5, 5.41) is 5.99. The predicted octanol–water partition coefficient (Wildman–Crippen LogP) is 2.24. The Kier molecular flexibility index (Phi) is 5.68. The molecule has 0 atom stereocenters. The molecule has 0 spiro atoms. The van der Waals surface area contributed by atoms with Gasteiger partial charge in [0.1, 0.15) is 5.75 Å². The Labute approximate surface area is 128 Å². The lowest BCUT2D eigenvalue weighted by Crippen LogP contribution is -2.47. The maximum Gasteiger partial charge on any atom is 0.387 e. The Balaban J connectivity index is 2.09. The second kappa shape index (κ2) is 7.51. The lowest BCUT2D eigenvalue weighted by atomic mass is 9.78. The molecule has 7 heteroatoms. The van der Waals surface area contributed by atoms with E-state index in [9.17, 15) is 13.6 Å². The van der Waals surface area contributed by atoms with Gasteiger partial charge in [-0.15, -0.1) is 0 Å². The van der Waals surface area contributed by atoms with Crippen molar-refractivity contribution in [3.63, 3.8) is 0 Å². The number of nitrogens with one attached hydrogen (secondary N) is 2. The van der Waals surface area contributed by atoms with E-state index >= 15 is 0 Å². The van der Waals surface area contributed by atoms with Crippen molar-refractivity contribution >= 4 is 11.6 Å². The Bertz CT molecular complexity index is 500. The van der Waals surface area contributed by atoms with Crippen LogP contribution in [0.3, 0.4) is 0 Å². The number of amides is 1. The highest BCUT2D eigenvalue weighted by molar-refractivity contribution is 5.95. The van der Waals surface area contributed by atoms with E-state index in [1.165, 1.54) is 12.1 Å². The summed E-state index contributed by atoms with van der Waals surface area (Å²) in [6.45, 7) is -1.08. The van der Waals surface area contributed by atoms with Gasteiger partial charge in [-0.05, 0) is 38.1 Å². The molecule has 1 aromatic rings. The lowest BCUT2D eigenvalue weighted by molar-refractivity contribution is -0.130. The fourth-order valence-electron chi connectivity index (χ4n) is 2.63. The SMILES string of the molecule is COCC1(C(=O)Nc2cccc(OC(F)F)c2)CCNCC1. The van der Waals surface area contributed by atoms with Crippen LogP contribution in [0.2, 0.25) is 0 Å². The van der Waals surface area contributed by atoms with Crippen molar-refractivity contribution in [2.45, 2.75) is 19.5 Å². The van der Waals surface area contributed by atoms with Crippen LogP contribution in [-0.2, 0) is 9.53 Å². The minimum absolute atomic E-state index is 0.0129. The zero-order valence-electron chi connectivity index (χ0n) is 12.4. The number of rotatable bonds is 6. The zero-order valence-corrected chi connectivity index (χ0v) is 12.4. The highest BCUT2D eigenvalue weighted by Crippen LogP contribution is 2.31. The van der Waals surface area contributed by atoms with Gasteiger partial charge in [-0.25, -0.2) is 0 Å². The van der Waals surface area contributed by atoms with Gasteiger partial charge >= 0.3 is 6.61 Å². The molecule has 2 N–H and O–H groups in total. The number of hydrogen-bond acceptors (Lipinski definition) is 4. The zero-order chi connectivity index (χ0) is 16.0. The van der Waals surface area contributed by atoms with E-state index in [-0.39, 0.29) is 11.7 Å². The molecule has 0 unspecified atom stereocenters. The summed E-state index contributed by atoms with van der Waals surface area (Å²) >= 11 is 0. The molecule has 5 nitrogen and oxygen atoms in total. The van der Waals surface area contributed by atoms with Crippen molar-refractivity contribution in [3.8, 4) is 5.75 Å². The highest BCUT2D eigenvalue weighted by atomic mass is 19.3. The number of carbonyl (C=O) groups excluding carboxylic acids is 1. The Morgan fingerprint density at radius 3 is 2.77 bits per heavy atom. The molecule has 0 aliphatic carbocycles. The first-order chi connectivity index (χ1) is 10.6. The second-order valence-electron chi connectivity index (χ2n) is 5.32. The van der Waals surface area contributed by atoms with Crippen molar-refractivity contribution in [1.82, 2.24) is 5.32 Å². The Morgan fingerprint density at radius 1 is 1.41 bits per heavy atom. The van der Waals surface area contributed by atoms with Gasteiger partial charge in [0, 0.05) is 18.9 Å². The lowest BCUT2D eigenvalue weighted by Gasteiger charge is -2.35. The molecule has 0 saturated carbocycles. The third-order valence-electron chi connectivity index (χ3n) is 3.78. The summed E-state index contributed by atoms with van der Waals surface area (Å²) in [5.74, 6) is -0.149. The van der Waals surface area contributed by atoms with Gasteiger partial charge in [-0.2, -0.15) is 8.78 Å². The molecule has 22 heavy (non-hydrogen) atoms. The number of anilines is 1. The predicted molar refractivity (Wildman–Crippen MR) is 78.1 cm³/mol.